The van der Waals surface area contributed by atoms with Gasteiger partial charge in [-0.2, -0.15) is 0 Å². The topological polar surface area (TPSA) is 63.7 Å². The first-order valence-corrected chi connectivity index (χ1v) is 10.9. The van der Waals surface area contributed by atoms with Crippen molar-refractivity contribution in [2.45, 2.75) is 19.8 Å². The third kappa shape index (κ3) is 7.84. The van der Waals surface area contributed by atoms with Gasteiger partial charge in [0, 0.05) is 72.5 Å². The van der Waals surface area contributed by atoms with Gasteiger partial charge in [0.05, 0.1) is 19.8 Å². The largest absolute Gasteiger partial charge is 0.379 e. The number of nitrogens with one attached hydrogen (secondary N) is 1. The van der Waals surface area contributed by atoms with Crippen molar-refractivity contribution >= 4 is 35.8 Å². The van der Waals surface area contributed by atoms with Crippen LogP contribution in [0.25, 0.3) is 0 Å². The highest BCUT2D eigenvalue weighted by Crippen LogP contribution is 2.10. The molecule has 3 heterocycles. The highest BCUT2D eigenvalue weighted by atomic mass is 127. The predicted molar refractivity (Wildman–Crippen MR) is 127 cm³/mol. The lowest BCUT2D eigenvalue weighted by molar-refractivity contribution is -0.131. The smallest absolute Gasteiger partial charge is 0.236 e. The van der Waals surface area contributed by atoms with E-state index in [-0.39, 0.29) is 24.0 Å². The molecule has 0 radical (unpaired) electrons. The number of morpholine rings is 1. The van der Waals surface area contributed by atoms with E-state index >= 15 is 0 Å². The fourth-order valence-corrected chi connectivity index (χ4v) is 4.26. The molecule has 9 heteroatoms. The number of guanidine groups is 1. The van der Waals surface area contributed by atoms with Crippen LogP contribution in [-0.2, 0) is 9.53 Å². The highest BCUT2D eigenvalue weighted by molar-refractivity contribution is 14.0. The maximum atomic E-state index is 12.3. The van der Waals surface area contributed by atoms with Gasteiger partial charge >= 0.3 is 0 Å². The SMILES string of the molecule is CN=C(NCC(C)CN1CCOCC1)N1CCN(CC(=O)N2CCCC2)CC1.I. The molecule has 0 aromatic carbocycles. The molecule has 0 aromatic heterocycles. The molecule has 0 aliphatic carbocycles. The minimum Gasteiger partial charge on any atom is -0.379 e. The van der Waals surface area contributed by atoms with Gasteiger partial charge in [0.15, 0.2) is 5.96 Å². The van der Waals surface area contributed by atoms with E-state index < -0.39 is 0 Å². The molecule has 0 spiro atoms. The molecule has 0 aromatic rings. The zero-order valence-electron chi connectivity index (χ0n) is 18.1. The first-order valence-electron chi connectivity index (χ1n) is 10.9. The number of carbonyl (C=O) groups excluding carboxylic acids is 1. The zero-order valence-corrected chi connectivity index (χ0v) is 20.5. The summed E-state index contributed by atoms with van der Waals surface area (Å²) in [6.45, 7) is 14.2. The van der Waals surface area contributed by atoms with Crippen LogP contribution in [0.3, 0.4) is 0 Å². The van der Waals surface area contributed by atoms with Gasteiger partial charge in [-0.25, -0.2) is 0 Å². The monoisotopic (exact) mass is 522 g/mol. The number of likely N-dealkylation sites (tertiary alicyclic amines) is 1. The predicted octanol–water partition coefficient (Wildman–Crippen LogP) is 0.388. The van der Waals surface area contributed by atoms with Gasteiger partial charge in [-0.15, -0.1) is 24.0 Å². The molecular formula is C20H39IN6O2. The molecule has 3 fully saturated rings. The first-order chi connectivity index (χ1) is 13.7. The van der Waals surface area contributed by atoms with Crippen molar-refractivity contribution in [2.24, 2.45) is 10.9 Å². The van der Waals surface area contributed by atoms with Crippen LogP contribution in [0, 0.1) is 5.92 Å². The standard InChI is InChI=1S/C20H38N6O2.HI/c1-18(16-24-11-13-28-14-12-24)15-22-20(21-2)26-9-7-23(8-10-26)17-19(27)25-5-3-4-6-25;/h18H,3-17H2,1-2H3,(H,21,22);1H. The number of piperazine rings is 1. The van der Waals surface area contributed by atoms with Gasteiger partial charge in [0.2, 0.25) is 5.91 Å². The first kappa shape index (κ1) is 24.6. The minimum absolute atomic E-state index is 0. The fourth-order valence-electron chi connectivity index (χ4n) is 4.26. The van der Waals surface area contributed by atoms with Crippen molar-refractivity contribution in [1.82, 2.24) is 24.9 Å². The molecule has 3 aliphatic heterocycles. The van der Waals surface area contributed by atoms with Crippen molar-refractivity contribution in [3.63, 3.8) is 0 Å². The van der Waals surface area contributed by atoms with E-state index in [0.29, 0.717) is 18.4 Å². The number of halogens is 1. The van der Waals surface area contributed by atoms with Gasteiger partial charge < -0.3 is 19.9 Å². The Morgan fingerprint density at radius 1 is 0.966 bits per heavy atom. The summed E-state index contributed by atoms with van der Waals surface area (Å²) in [7, 11) is 1.86. The molecule has 1 N–H and O–H groups in total. The Labute approximate surface area is 193 Å². The summed E-state index contributed by atoms with van der Waals surface area (Å²) in [4.78, 5) is 25.9. The number of aliphatic imine (C=N–C) groups is 1. The second-order valence-corrected chi connectivity index (χ2v) is 8.30. The molecule has 1 atom stereocenters. The van der Waals surface area contributed by atoms with E-state index in [1.807, 2.05) is 11.9 Å². The molecular weight excluding hydrogens is 483 g/mol. The number of amides is 1. The summed E-state index contributed by atoms with van der Waals surface area (Å²) in [5.74, 6) is 1.85. The van der Waals surface area contributed by atoms with E-state index in [2.05, 4.69) is 31.9 Å². The van der Waals surface area contributed by atoms with Gasteiger partial charge in [-0.1, -0.05) is 6.92 Å². The molecule has 168 valence electrons. The van der Waals surface area contributed by atoms with Crippen LogP contribution in [0.5, 0.6) is 0 Å². The molecule has 29 heavy (non-hydrogen) atoms. The molecule has 3 saturated heterocycles. The average molecular weight is 522 g/mol. The summed E-state index contributed by atoms with van der Waals surface area (Å²) < 4.78 is 5.43. The van der Waals surface area contributed by atoms with Crippen LogP contribution in [0.2, 0.25) is 0 Å². The Kier molecular flexibility index (Phi) is 11.0. The average Bonchev–Trinajstić information content (AvgIpc) is 3.25. The molecule has 3 aliphatic rings. The summed E-state index contributed by atoms with van der Waals surface area (Å²) in [5.41, 5.74) is 0. The number of carbonyl (C=O) groups is 1. The number of nitrogens with zero attached hydrogens (tertiary/aromatic N) is 5. The second-order valence-electron chi connectivity index (χ2n) is 8.30. The van der Waals surface area contributed by atoms with Crippen LogP contribution >= 0.6 is 24.0 Å². The van der Waals surface area contributed by atoms with Crippen LogP contribution < -0.4 is 5.32 Å². The number of hydrogen-bond donors (Lipinski definition) is 1. The Bertz CT molecular complexity index is 515. The molecule has 3 rings (SSSR count). The lowest BCUT2D eigenvalue weighted by atomic mass is 10.1. The summed E-state index contributed by atoms with van der Waals surface area (Å²) >= 11 is 0. The zero-order chi connectivity index (χ0) is 19.8. The van der Waals surface area contributed by atoms with Gasteiger partial charge in [-0.3, -0.25) is 19.6 Å². The molecule has 0 saturated carbocycles. The van der Waals surface area contributed by atoms with Crippen molar-refractivity contribution in [1.29, 1.82) is 0 Å². The van der Waals surface area contributed by atoms with Crippen molar-refractivity contribution < 1.29 is 9.53 Å². The van der Waals surface area contributed by atoms with Crippen LogP contribution in [0.1, 0.15) is 19.8 Å². The highest BCUT2D eigenvalue weighted by Gasteiger charge is 2.24. The van der Waals surface area contributed by atoms with Crippen LogP contribution in [0.4, 0.5) is 0 Å². The lowest BCUT2D eigenvalue weighted by Crippen LogP contribution is -2.54. The van der Waals surface area contributed by atoms with Crippen molar-refractivity contribution in [3.05, 3.63) is 0 Å². The van der Waals surface area contributed by atoms with Crippen molar-refractivity contribution in [3.8, 4) is 0 Å². The van der Waals surface area contributed by atoms with E-state index in [1.54, 1.807) is 0 Å². The maximum absolute atomic E-state index is 12.3. The molecule has 1 unspecified atom stereocenters. The molecule has 1 amide bonds. The summed E-state index contributed by atoms with van der Waals surface area (Å²) in [6, 6.07) is 0. The maximum Gasteiger partial charge on any atom is 0.236 e. The Morgan fingerprint density at radius 2 is 1.62 bits per heavy atom. The fraction of sp³-hybridized carbons (Fsp3) is 0.900. The van der Waals surface area contributed by atoms with Crippen LogP contribution in [-0.4, -0.2) is 124 Å². The quantitative estimate of drug-likeness (QED) is 0.310. The lowest BCUT2D eigenvalue weighted by Gasteiger charge is -2.37. The van der Waals surface area contributed by atoms with E-state index in [9.17, 15) is 4.79 Å². The second kappa shape index (κ2) is 12.9. The Hall–Kier alpha value is -0.650. The minimum atomic E-state index is 0. The van der Waals surface area contributed by atoms with Crippen LogP contribution in [0.15, 0.2) is 4.99 Å². The van der Waals surface area contributed by atoms with E-state index in [4.69, 9.17) is 4.74 Å². The van der Waals surface area contributed by atoms with E-state index in [0.717, 1.165) is 97.5 Å². The summed E-state index contributed by atoms with van der Waals surface area (Å²) in [5, 5.41) is 3.55. The van der Waals surface area contributed by atoms with E-state index in [1.165, 1.54) is 0 Å². The normalized spacial score (nSPS) is 23.0. The summed E-state index contributed by atoms with van der Waals surface area (Å²) in [6.07, 6.45) is 2.32. The number of rotatable bonds is 6. The Balaban J connectivity index is 0.00000300. The number of hydrogen-bond acceptors (Lipinski definition) is 5. The van der Waals surface area contributed by atoms with Gasteiger partial charge in [0.25, 0.3) is 0 Å². The molecule has 0 bridgehead atoms. The third-order valence-electron chi connectivity index (χ3n) is 5.98. The molecule has 8 nitrogen and oxygen atoms in total. The van der Waals surface area contributed by atoms with Gasteiger partial charge in [-0.05, 0) is 18.8 Å². The third-order valence-corrected chi connectivity index (χ3v) is 5.98. The van der Waals surface area contributed by atoms with Gasteiger partial charge in [0.1, 0.15) is 0 Å². The van der Waals surface area contributed by atoms with Crippen molar-refractivity contribution in [2.75, 3.05) is 92.3 Å². The Morgan fingerprint density at radius 3 is 2.24 bits per heavy atom. The number of ether oxygens (including phenoxy) is 1.